The molecule has 0 aromatic rings. The first-order valence-corrected chi connectivity index (χ1v) is 3.98. The van der Waals surface area contributed by atoms with Crippen molar-refractivity contribution in [2.24, 2.45) is 0 Å². The van der Waals surface area contributed by atoms with Gasteiger partial charge < -0.3 is 4.74 Å². The number of nitrogens with zero attached hydrogens (tertiary/aromatic N) is 1. The second-order valence-electron chi connectivity index (χ2n) is 2.68. The van der Waals surface area contributed by atoms with Crippen LogP contribution in [0.4, 0.5) is 0 Å². The Balaban J connectivity index is 2.21. The lowest BCUT2D eigenvalue weighted by atomic mass is 10.1. The molecule has 1 heterocycles. The molecule has 1 N–H and O–H groups in total. The highest BCUT2D eigenvalue weighted by Gasteiger charge is 2.19. The van der Waals surface area contributed by atoms with E-state index in [0.29, 0.717) is 6.10 Å². The van der Waals surface area contributed by atoms with Gasteiger partial charge >= 0.3 is 0 Å². The minimum atomic E-state index is 0.331. The van der Waals surface area contributed by atoms with E-state index in [1.807, 2.05) is 5.06 Å². The second-order valence-corrected chi connectivity index (χ2v) is 2.68. The van der Waals surface area contributed by atoms with Crippen LogP contribution < -0.4 is 5.48 Å². The van der Waals surface area contributed by atoms with Crippen LogP contribution in [0, 0.1) is 0 Å². The molecule has 0 aromatic heterocycles. The molecule has 66 valence electrons. The van der Waals surface area contributed by atoms with Gasteiger partial charge in [-0.1, -0.05) is 0 Å². The van der Waals surface area contributed by atoms with Crippen LogP contribution in [0.1, 0.15) is 12.8 Å². The summed E-state index contributed by atoms with van der Waals surface area (Å²) in [4.78, 5) is 5.12. The molecule has 11 heavy (non-hydrogen) atoms. The van der Waals surface area contributed by atoms with Gasteiger partial charge in [0.25, 0.3) is 0 Å². The fraction of sp³-hybridized carbons (Fsp3) is 1.00. The zero-order valence-electron chi connectivity index (χ0n) is 7.17. The second kappa shape index (κ2) is 4.66. The molecule has 0 spiro atoms. The minimum absolute atomic E-state index is 0.331. The number of hydrogen-bond donors (Lipinski definition) is 1. The van der Waals surface area contributed by atoms with Crippen LogP contribution in [0.15, 0.2) is 0 Å². The van der Waals surface area contributed by atoms with Gasteiger partial charge in [-0.25, -0.2) is 4.94 Å². The van der Waals surface area contributed by atoms with E-state index < -0.39 is 0 Å². The van der Waals surface area contributed by atoms with Crippen LogP contribution in [0.5, 0.6) is 0 Å². The normalized spacial score (nSPS) is 27.3. The highest BCUT2D eigenvalue weighted by molar-refractivity contribution is 4.67. The van der Waals surface area contributed by atoms with Crippen LogP contribution in [-0.2, 0) is 9.68 Å². The molecule has 0 amide bonds. The molecule has 4 heteroatoms. The van der Waals surface area contributed by atoms with Gasteiger partial charge in [0.1, 0.15) is 0 Å². The summed E-state index contributed by atoms with van der Waals surface area (Å²) >= 11 is 0. The summed E-state index contributed by atoms with van der Waals surface area (Å²) in [6, 6.07) is 0. The van der Waals surface area contributed by atoms with Crippen molar-refractivity contribution in [3.8, 4) is 0 Å². The lowest BCUT2D eigenvalue weighted by Gasteiger charge is -2.29. The zero-order chi connectivity index (χ0) is 8.10. The third kappa shape index (κ3) is 2.75. The largest absolute Gasteiger partial charge is 0.380 e. The van der Waals surface area contributed by atoms with Gasteiger partial charge in [-0.3, -0.25) is 0 Å². The molecular formula is C7H16N2O2. The average Bonchev–Trinajstić information content (AvgIpc) is 2.06. The third-order valence-electron chi connectivity index (χ3n) is 1.89. The van der Waals surface area contributed by atoms with Crippen molar-refractivity contribution in [3.63, 3.8) is 0 Å². The lowest BCUT2D eigenvalue weighted by molar-refractivity contribution is -0.227. The van der Waals surface area contributed by atoms with Crippen LogP contribution in [-0.4, -0.2) is 38.4 Å². The van der Waals surface area contributed by atoms with E-state index in [1.54, 1.807) is 14.2 Å². The molecule has 1 aliphatic heterocycles. The smallest absolute Gasteiger partial charge is 0.0722 e. The number of piperidine rings is 1. The fourth-order valence-corrected chi connectivity index (χ4v) is 1.31. The van der Waals surface area contributed by atoms with E-state index in [2.05, 4.69) is 5.48 Å². The number of rotatable bonds is 3. The molecule has 0 bridgehead atoms. The SMILES string of the molecule is CNON1CCCC(OC)C1. The Morgan fingerprint density at radius 1 is 1.55 bits per heavy atom. The number of ether oxygens (including phenoxy) is 1. The highest BCUT2D eigenvalue weighted by atomic mass is 16.8. The first-order valence-electron chi connectivity index (χ1n) is 3.98. The zero-order valence-corrected chi connectivity index (χ0v) is 7.17. The quantitative estimate of drug-likeness (QED) is 0.596. The summed E-state index contributed by atoms with van der Waals surface area (Å²) in [5.74, 6) is 0. The van der Waals surface area contributed by atoms with Crippen LogP contribution in [0.3, 0.4) is 0 Å². The van der Waals surface area contributed by atoms with Gasteiger partial charge in [-0.2, -0.15) is 10.5 Å². The molecule has 0 saturated carbocycles. The highest BCUT2D eigenvalue weighted by Crippen LogP contribution is 2.11. The Hall–Kier alpha value is -0.160. The molecule has 0 radical (unpaired) electrons. The number of hydroxylamine groups is 3. The summed E-state index contributed by atoms with van der Waals surface area (Å²) in [5.41, 5.74) is 2.65. The van der Waals surface area contributed by atoms with Gasteiger partial charge in [-0.15, -0.1) is 0 Å². The lowest BCUT2D eigenvalue weighted by Crippen LogP contribution is -2.41. The van der Waals surface area contributed by atoms with E-state index in [0.717, 1.165) is 25.9 Å². The predicted molar refractivity (Wildman–Crippen MR) is 41.7 cm³/mol. The number of nitrogens with one attached hydrogen (secondary N) is 1. The monoisotopic (exact) mass is 160 g/mol. The van der Waals surface area contributed by atoms with Gasteiger partial charge in [-0.05, 0) is 12.8 Å². The summed E-state index contributed by atoms with van der Waals surface area (Å²) in [6.45, 7) is 1.85. The first-order chi connectivity index (χ1) is 5.36. The van der Waals surface area contributed by atoms with Crippen molar-refractivity contribution < 1.29 is 9.68 Å². The van der Waals surface area contributed by atoms with Crippen molar-refractivity contribution in [3.05, 3.63) is 0 Å². The van der Waals surface area contributed by atoms with Gasteiger partial charge in [0, 0.05) is 20.7 Å². The molecule has 1 aliphatic rings. The Morgan fingerprint density at radius 3 is 3.00 bits per heavy atom. The van der Waals surface area contributed by atoms with Crippen LogP contribution in [0.2, 0.25) is 0 Å². The van der Waals surface area contributed by atoms with E-state index in [1.165, 1.54) is 0 Å². The summed E-state index contributed by atoms with van der Waals surface area (Å²) < 4.78 is 5.22. The molecule has 1 rings (SSSR count). The van der Waals surface area contributed by atoms with E-state index in [9.17, 15) is 0 Å². The third-order valence-corrected chi connectivity index (χ3v) is 1.89. The van der Waals surface area contributed by atoms with E-state index in [-0.39, 0.29) is 0 Å². The number of methoxy groups -OCH3 is 1. The van der Waals surface area contributed by atoms with Crippen molar-refractivity contribution in [1.82, 2.24) is 10.5 Å². The first kappa shape index (κ1) is 8.93. The van der Waals surface area contributed by atoms with Crippen molar-refractivity contribution in [2.75, 3.05) is 27.2 Å². The molecule has 0 aromatic carbocycles. The Morgan fingerprint density at radius 2 is 2.36 bits per heavy atom. The summed E-state index contributed by atoms with van der Waals surface area (Å²) in [5, 5.41) is 1.89. The molecule has 1 fully saturated rings. The van der Waals surface area contributed by atoms with Crippen molar-refractivity contribution in [1.29, 1.82) is 0 Å². The summed E-state index contributed by atoms with van der Waals surface area (Å²) in [7, 11) is 3.50. The fourth-order valence-electron chi connectivity index (χ4n) is 1.31. The maximum absolute atomic E-state index is 5.22. The van der Waals surface area contributed by atoms with Crippen LogP contribution in [0.25, 0.3) is 0 Å². The van der Waals surface area contributed by atoms with Gasteiger partial charge in [0.2, 0.25) is 0 Å². The summed E-state index contributed by atoms with van der Waals surface area (Å²) in [6.07, 6.45) is 2.61. The molecular weight excluding hydrogens is 144 g/mol. The molecule has 4 nitrogen and oxygen atoms in total. The van der Waals surface area contributed by atoms with Crippen molar-refractivity contribution in [2.45, 2.75) is 18.9 Å². The Kier molecular flexibility index (Phi) is 3.79. The minimum Gasteiger partial charge on any atom is -0.380 e. The maximum atomic E-state index is 5.22. The molecule has 1 saturated heterocycles. The number of hydrogen-bond acceptors (Lipinski definition) is 4. The molecule has 1 unspecified atom stereocenters. The van der Waals surface area contributed by atoms with E-state index >= 15 is 0 Å². The maximum Gasteiger partial charge on any atom is 0.0722 e. The predicted octanol–water partition coefficient (Wildman–Crippen LogP) is 0.163. The Bertz CT molecular complexity index is 109. The van der Waals surface area contributed by atoms with Gasteiger partial charge in [0.15, 0.2) is 0 Å². The molecule has 0 aliphatic carbocycles. The standard InChI is InChI=1S/C7H16N2O2/c1-8-11-9-5-3-4-7(6-9)10-2/h7-8H,3-6H2,1-2H3. The topological polar surface area (TPSA) is 33.7 Å². The average molecular weight is 160 g/mol. The van der Waals surface area contributed by atoms with Crippen molar-refractivity contribution >= 4 is 0 Å². The van der Waals surface area contributed by atoms with Crippen LogP contribution >= 0.6 is 0 Å². The molecule has 1 atom stereocenters. The van der Waals surface area contributed by atoms with E-state index in [4.69, 9.17) is 9.68 Å². The Labute approximate surface area is 67.4 Å². The van der Waals surface area contributed by atoms with Gasteiger partial charge in [0.05, 0.1) is 12.6 Å².